The van der Waals surface area contributed by atoms with Gasteiger partial charge in [0.1, 0.15) is 0 Å². The van der Waals surface area contributed by atoms with E-state index in [2.05, 4.69) is 80.5 Å². The van der Waals surface area contributed by atoms with E-state index in [1.165, 1.54) is 27.6 Å². The van der Waals surface area contributed by atoms with Gasteiger partial charge in [-0.3, -0.25) is 4.99 Å². The van der Waals surface area contributed by atoms with Crippen LogP contribution in [0.3, 0.4) is 0 Å². The molecule has 1 aromatic heterocycles. The van der Waals surface area contributed by atoms with Gasteiger partial charge < -0.3 is 4.98 Å². The minimum Gasteiger partial charge on any atom is -0.361 e. The van der Waals surface area contributed by atoms with E-state index in [0.29, 0.717) is 5.92 Å². The van der Waals surface area contributed by atoms with E-state index in [1.807, 2.05) is 18.2 Å². The summed E-state index contributed by atoms with van der Waals surface area (Å²) < 4.78 is 0. The largest absolute Gasteiger partial charge is 0.361 e. The van der Waals surface area contributed by atoms with Gasteiger partial charge in [0, 0.05) is 34.4 Å². The fourth-order valence-corrected chi connectivity index (χ4v) is 3.75. The molecule has 3 heteroatoms. The van der Waals surface area contributed by atoms with Crippen molar-refractivity contribution in [1.82, 2.24) is 4.98 Å². The molecule has 0 aliphatic rings. The van der Waals surface area contributed by atoms with Crippen LogP contribution in [0.1, 0.15) is 30.5 Å². The van der Waals surface area contributed by atoms with Crippen LogP contribution in [0.4, 0.5) is 0 Å². The van der Waals surface area contributed by atoms with Gasteiger partial charge in [0.05, 0.1) is 0 Å². The minimum atomic E-state index is 0.307. The van der Waals surface area contributed by atoms with E-state index in [1.54, 1.807) is 0 Å². The Balaban J connectivity index is 1.61. The fraction of sp³-hybridized carbons (Fsp3) is 0.269. The van der Waals surface area contributed by atoms with Gasteiger partial charge >= 0.3 is 0 Å². The number of nitrogens with one attached hydrogen (secondary N) is 1. The topological polar surface area (TPSA) is 28.1 Å². The summed E-state index contributed by atoms with van der Waals surface area (Å²) in [4.78, 5) is 8.11. The van der Waals surface area contributed by atoms with E-state index >= 15 is 0 Å². The lowest BCUT2D eigenvalue weighted by Gasteiger charge is -2.09. The van der Waals surface area contributed by atoms with Gasteiger partial charge in [-0.05, 0) is 74.9 Å². The molecule has 29 heavy (non-hydrogen) atoms. The summed E-state index contributed by atoms with van der Waals surface area (Å²) in [5.41, 5.74) is 6.03. The highest BCUT2D eigenvalue weighted by Gasteiger charge is 2.06. The van der Waals surface area contributed by atoms with Gasteiger partial charge in [-0.1, -0.05) is 59.7 Å². The third kappa shape index (κ3) is 5.95. The van der Waals surface area contributed by atoms with Crippen molar-refractivity contribution in [2.24, 2.45) is 10.9 Å². The Labute approximate surface area is 179 Å². The molecule has 0 radical (unpaired) electrons. The lowest BCUT2D eigenvalue weighted by molar-refractivity contribution is 0.804. The van der Waals surface area contributed by atoms with Crippen molar-refractivity contribution in [3.8, 4) is 0 Å². The second-order valence-electron chi connectivity index (χ2n) is 7.48. The Morgan fingerprint density at radius 3 is 2.76 bits per heavy atom. The van der Waals surface area contributed by atoms with E-state index in [9.17, 15) is 0 Å². The van der Waals surface area contributed by atoms with Crippen molar-refractivity contribution in [1.29, 1.82) is 0 Å². The number of aliphatic imine (C=N–C) groups is 1. The normalized spacial score (nSPS) is 13.7. The highest BCUT2D eigenvalue weighted by atomic mass is 35.5. The number of aryl methyl sites for hydroxylation is 1. The number of fused-ring (bicyclic) bond motifs is 1. The van der Waals surface area contributed by atoms with E-state index in [-0.39, 0.29) is 0 Å². The van der Waals surface area contributed by atoms with E-state index < -0.39 is 0 Å². The van der Waals surface area contributed by atoms with Crippen LogP contribution in [-0.4, -0.2) is 17.2 Å². The Hall–Kier alpha value is -2.58. The van der Waals surface area contributed by atoms with E-state index in [0.717, 1.165) is 30.1 Å². The second kappa shape index (κ2) is 10.3. The van der Waals surface area contributed by atoms with Gasteiger partial charge in [0.2, 0.25) is 0 Å². The lowest BCUT2D eigenvalue weighted by atomic mass is 9.98. The summed E-state index contributed by atoms with van der Waals surface area (Å²) in [6, 6.07) is 14.6. The standard InChI is InChI=1S/C26H29ClN2/c1-4-7-21(17-22-8-5-6-9-25(22)27)12-11-20(3)28-15-14-23-18-29-26-13-10-19(2)16-24(23)26/h4-13,16,18,21,29H,14-15,17H2,1-3H3/b7-4?,12-11+,28-20?. The van der Waals surface area contributed by atoms with Crippen molar-refractivity contribution in [3.63, 3.8) is 0 Å². The number of aromatic amines is 1. The number of allylic oxidation sites excluding steroid dienone is 4. The predicted molar refractivity (Wildman–Crippen MR) is 127 cm³/mol. The maximum absolute atomic E-state index is 6.33. The van der Waals surface area contributed by atoms with Crippen LogP contribution >= 0.6 is 11.6 Å². The first-order valence-corrected chi connectivity index (χ1v) is 10.6. The SMILES string of the molecule is CC=CC(/C=C/C(C)=NCCc1c[nH]c2ccc(C)cc12)Cc1ccccc1Cl. The van der Waals surface area contributed by atoms with Gasteiger partial charge in [-0.2, -0.15) is 0 Å². The first-order chi connectivity index (χ1) is 14.1. The van der Waals surface area contributed by atoms with Crippen LogP contribution in [0.15, 0.2) is 78.0 Å². The van der Waals surface area contributed by atoms with Crippen molar-refractivity contribution < 1.29 is 0 Å². The molecule has 1 unspecified atom stereocenters. The van der Waals surface area contributed by atoms with Crippen molar-refractivity contribution in [3.05, 3.63) is 94.7 Å². The number of H-pyrrole nitrogens is 1. The third-order valence-electron chi connectivity index (χ3n) is 5.10. The van der Waals surface area contributed by atoms with Crippen LogP contribution in [0.25, 0.3) is 10.9 Å². The molecule has 1 heterocycles. The van der Waals surface area contributed by atoms with Gasteiger partial charge in [0.25, 0.3) is 0 Å². The number of benzene rings is 2. The van der Waals surface area contributed by atoms with Crippen LogP contribution in [0.2, 0.25) is 5.02 Å². The molecule has 0 saturated carbocycles. The average Bonchev–Trinajstić information content (AvgIpc) is 3.10. The number of hydrogen-bond donors (Lipinski definition) is 1. The molecular formula is C26H29ClN2. The summed E-state index contributed by atoms with van der Waals surface area (Å²) in [5, 5.41) is 2.14. The summed E-state index contributed by atoms with van der Waals surface area (Å²) in [5.74, 6) is 0.307. The molecule has 1 atom stereocenters. The van der Waals surface area contributed by atoms with Crippen molar-refractivity contribution in [2.75, 3.05) is 6.54 Å². The molecule has 0 aliphatic heterocycles. The number of rotatable bonds is 8. The first kappa shape index (κ1) is 21.1. The summed E-state index contributed by atoms with van der Waals surface area (Å²) in [6.07, 6.45) is 12.6. The second-order valence-corrected chi connectivity index (χ2v) is 7.89. The molecule has 0 bridgehead atoms. The smallest absolute Gasteiger partial charge is 0.0456 e. The zero-order valence-electron chi connectivity index (χ0n) is 17.5. The molecule has 150 valence electrons. The number of halogens is 1. The van der Waals surface area contributed by atoms with Crippen LogP contribution in [0.5, 0.6) is 0 Å². The molecule has 0 spiro atoms. The predicted octanol–water partition coefficient (Wildman–Crippen LogP) is 7.12. The zero-order valence-corrected chi connectivity index (χ0v) is 18.2. The fourth-order valence-electron chi connectivity index (χ4n) is 3.53. The summed E-state index contributed by atoms with van der Waals surface area (Å²) >= 11 is 6.33. The molecule has 2 aromatic carbocycles. The van der Waals surface area contributed by atoms with Gasteiger partial charge in [-0.15, -0.1) is 0 Å². The zero-order chi connectivity index (χ0) is 20.6. The molecular weight excluding hydrogens is 376 g/mol. The molecule has 0 amide bonds. The average molecular weight is 405 g/mol. The highest BCUT2D eigenvalue weighted by Crippen LogP contribution is 2.21. The summed E-state index contributed by atoms with van der Waals surface area (Å²) in [7, 11) is 0. The minimum absolute atomic E-state index is 0.307. The summed E-state index contributed by atoms with van der Waals surface area (Å²) in [6.45, 7) is 7.04. The quantitative estimate of drug-likeness (QED) is 0.305. The molecule has 0 fully saturated rings. The maximum Gasteiger partial charge on any atom is 0.0456 e. The molecule has 2 nitrogen and oxygen atoms in total. The Morgan fingerprint density at radius 1 is 1.14 bits per heavy atom. The molecule has 0 aliphatic carbocycles. The molecule has 1 N–H and O–H groups in total. The monoisotopic (exact) mass is 404 g/mol. The molecule has 3 rings (SSSR count). The molecule has 0 saturated heterocycles. The van der Waals surface area contributed by atoms with Gasteiger partial charge in [-0.25, -0.2) is 0 Å². The molecule has 3 aromatic rings. The Bertz CT molecular complexity index is 1040. The van der Waals surface area contributed by atoms with Gasteiger partial charge in [0.15, 0.2) is 0 Å². The number of aromatic nitrogens is 1. The Morgan fingerprint density at radius 2 is 1.97 bits per heavy atom. The third-order valence-corrected chi connectivity index (χ3v) is 5.47. The maximum atomic E-state index is 6.33. The lowest BCUT2D eigenvalue weighted by Crippen LogP contribution is -2.00. The van der Waals surface area contributed by atoms with Crippen molar-refractivity contribution >= 4 is 28.2 Å². The highest BCUT2D eigenvalue weighted by molar-refractivity contribution is 6.31. The van der Waals surface area contributed by atoms with Crippen LogP contribution < -0.4 is 0 Å². The van der Waals surface area contributed by atoms with Crippen molar-refractivity contribution in [2.45, 2.75) is 33.6 Å². The van der Waals surface area contributed by atoms with Crippen LogP contribution in [-0.2, 0) is 12.8 Å². The van der Waals surface area contributed by atoms with E-state index in [4.69, 9.17) is 16.6 Å². The first-order valence-electron chi connectivity index (χ1n) is 10.2. The Kier molecular flexibility index (Phi) is 7.48. The van der Waals surface area contributed by atoms with Crippen LogP contribution in [0, 0.1) is 12.8 Å². The number of nitrogens with zero attached hydrogens (tertiary/aromatic N) is 1. The number of hydrogen-bond acceptors (Lipinski definition) is 1.